The molecule has 0 radical (unpaired) electrons. The summed E-state index contributed by atoms with van der Waals surface area (Å²) < 4.78 is 1.84. The number of aromatic nitrogens is 2. The van der Waals surface area contributed by atoms with Gasteiger partial charge in [-0.15, -0.1) is 0 Å². The lowest BCUT2D eigenvalue weighted by molar-refractivity contribution is -0.133. The average Bonchev–Trinajstić information content (AvgIpc) is 2.92. The predicted molar refractivity (Wildman–Crippen MR) is 79.4 cm³/mol. The van der Waals surface area contributed by atoms with Gasteiger partial charge >= 0.3 is 0 Å². The van der Waals surface area contributed by atoms with Crippen molar-refractivity contribution >= 4 is 5.91 Å². The molecular weight excluding hydrogens is 252 g/mol. The van der Waals surface area contributed by atoms with Crippen LogP contribution in [0.25, 0.3) is 0 Å². The lowest BCUT2D eigenvalue weighted by Crippen LogP contribution is -2.49. The van der Waals surface area contributed by atoms with E-state index in [9.17, 15) is 4.79 Å². The second-order valence-corrected chi connectivity index (χ2v) is 5.65. The van der Waals surface area contributed by atoms with Crippen molar-refractivity contribution in [1.29, 1.82) is 0 Å². The normalized spacial score (nSPS) is 18.0. The van der Waals surface area contributed by atoms with E-state index in [1.165, 1.54) is 5.57 Å². The van der Waals surface area contributed by atoms with Crippen LogP contribution in [-0.4, -0.2) is 58.2 Å². The fourth-order valence-corrected chi connectivity index (χ4v) is 2.55. The Morgan fingerprint density at radius 1 is 1.35 bits per heavy atom. The molecule has 110 valence electrons. The van der Waals surface area contributed by atoms with E-state index in [0.29, 0.717) is 6.42 Å². The molecule has 2 heterocycles. The van der Waals surface area contributed by atoms with Gasteiger partial charge in [0.05, 0.1) is 6.04 Å². The maximum absolute atomic E-state index is 12.3. The molecule has 2 rings (SSSR count). The fourth-order valence-electron chi connectivity index (χ4n) is 2.55. The van der Waals surface area contributed by atoms with Crippen molar-refractivity contribution in [3.63, 3.8) is 0 Å². The van der Waals surface area contributed by atoms with Gasteiger partial charge in [-0.1, -0.05) is 12.2 Å². The van der Waals surface area contributed by atoms with Crippen molar-refractivity contribution in [2.75, 3.05) is 32.7 Å². The second-order valence-electron chi connectivity index (χ2n) is 5.65. The zero-order valence-corrected chi connectivity index (χ0v) is 12.5. The third-order valence-electron chi connectivity index (χ3n) is 3.67. The van der Waals surface area contributed by atoms with Gasteiger partial charge in [-0.05, 0) is 19.9 Å². The minimum Gasteiger partial charge on any atom is -0.340 e. The van der Waals surface area contributed by atoms with Crippen LogP contribution in [0.5, 0.6) is 0 Å². The van der Waals surface area contributed by atoms with Gasteiger partial charge in [-0.3, -0.25) is 14.4 Å². The number of hydrogen-bond donors (Lipinski definition) is 0. The molecule has 1 amide bonds. The topological polar surface area (TPSA) is 41.4 Å². The lowest BCUT2D eigenvalue weighted by atomic mass is 10.2. The van der Waals surface area contributed by atoms with Crippen LogP contribution in [0.2, 0.25) is 0 Å². The highest BCUT2D eigenvalue weighted by Crippen LogP contribution is 2.13. The van der Waals surface area contributed by atoms with Crippen molar-refractivity contribution < 1.29 is 4.79 Å². The molecule has 1 aliphatic rings. The SMILES string of the molecule is C=C(C)CN1CCN(C(=O)CC(C)n2cccn2)CC1. The zero-order chi connectivity index (χ0) is 14.5. The van der Waals surface area contributed by atoms with Crippen LogP contribution in [-0.2, 0) is 4.79 Å². The third kappa shape index (κ3) is 3.93. The molecule has 1 unspecified atom stereocenters. The zero-order valence-electron chi connectivity index (χ0n) is 12.5. The smallest absolute Gasteiger partial charge is 0.224 e. The predicted octanol–water partition coefficient (Wildman–Crippen LogP) is 1.55. The first kappa shape index (κ1) is 14.8. The standard InChI is InChI=1S/C15H24N4O/c1-13(2)12-17-7-9-18(10-8-17)15(20)11-14(3)19-6-4-5-16-19/h4-6,14H,1,7-12H2,2-3H3. The van der Waals surface area contributed by atoms with Crippen molar-refractivity contribution in [3.05, 3.63) is 30.6 Å². The highest BCUT2D eigenvalue weighted by atomic mass is 16.2. The summed E-state index contributed by atoms with van der Waals surface area (Å²) in [6, 6.07) is 2.00. The first-order valence-corrected chi connectivity index (χ1v) is 7.20. The van der Waals surface area contributed by atoms with Gasteiger partial charge in [0.1, 0.15) is 0 Å². The maximum Gasteiger partial charge on any atom is 0.224 e. The Morgan fingerprint density at radius 3 is 2.60 bits per heavy atom. The number of piperazine rings is 1. The van der Waals surface area contributed by atoms with Gasteiger partial charge in [0.15, 0.2) is 0 Å². The van der Waals surface area contributed by atoms with Crippen LogP contribution in [0.15, 0.2) is 30.6 Å². The number of hydrogen-bond acceptors (Lipinski definition) is 3. The summed E-state index contributed by atoms with van der Waals surface area (Å²) in [7, 11) is 0. The molecule has 0 spiro atoms. The molecule has 5 nitrogen and oxygen atoms in total. The van der Waals surface area contributed by atoms with Crippen molar-refractivity contribution in [3.8, 4) is 0 Å². The summed E-state index contributed by atoms with van der Waals surface area (Å²) in [6.45, 7) is 12.5. The van der Waals surface area contributed by atoms with Gasteiger partial charge in [-0.25, -0.2) is 0 Å². The van der Waals surface area contributed by atoms with Crippen molar-refractivity contribution in [2.24, 2.45) is 0 Å². The molecule has 1 saturated heterocycles. The Kier molecular flexibility index (Phi) is 4.95. The minimum absolute atomic E-state index is 0.117. The highest BCUT2D eigenvalue weighted by Gasteiger charge is 2.22. The number of rotatable bonds is 5. The fraction of sp³-hybridized carbons (Fsp3) is 0.600. The summed E-state index contributed by atoms with van der Waals surface area (Å²) in [5.41, 5.74) is 1.18. The summed E-state index contributed by atoms with van der Waals surface area (Å²) >= 11 is 0. The van der Waals surface area contributed by atoms with Gasteiger partial charge in [0.2, 0.25) is 5.91 Å². The molecule has 1 aromatic rings. The molecule has 1 aromatic heterocycles. The van der Waals surface area contributed by atoms with E-state index in [0.717, 1.165) is 32.7 Å². The van der Waals surface area contributed by atoms with Gasteiger partial charge in [0.25, 0.3) is 0 Å². The number of amides is 1. The second kappa shape index (κ2) is 6.70. The Bertz CT molecular complexity index is 446. The third-order valence-corrected chi connectivity index (χ3v) is 3.67. The average molecular weight is 276 g/mol. The van der Waals surface area contributed by atoms with Crippen LogP contribution in [0.3, 0.4) is 0 Å². The number of carbonyl (C=O) groups excluding carboxylic acids is 1. The molecule has 0 aliphatic carbocycles. The van der Waals surface area contributed by atoms with E-state index < -0.39 is 0 Å². The van der Waals surface area contributed by atoms with Crippen LogP contribution in [0.4, 0.5) is 0 Å². The molecule has 0 aromatic carbocycles. The van der Waals surface area contributed by atoms with E-state index >= 15 is 0 Å². The Balaban J connectivity index is 1.78. The molecule has 0 saturated carbocycles. The highest BCUT2D eigenvalue weighted by molar-refractivity contribution is 5.76. The minimum atomic E-state index is 0.117. The molecule has 1 fully saturated rings. The molecule has 20 heavy (non-hydrogen) atoms. The summed E-state index contributed by atoms with van der Waals surface area (Å²) in [5, 5.41) is 4.19. The monoisotopic (exact) mass is 276 g/mol. The van der Waals surface area contributed by atoms with E-state index in [4.69, 9.17) is 0 Å². The largest absolute Gasteiger partial charge is 0.340 e. The van der Waals surface area contributed by atoms with E-state index in [-0.39, 0.29) is 11.9 Å². The summed E-state index contributed by atoms with van der Waals surface area (Å²) in [4.78, 5) is 16.6. The van der Waals surface area contributed by atoms with Crippen molar-refractivity contribution in [2.45, 2.75) is 26.3 Å². The molecular formula is C15H24N4O. The molecule has 1 atom stereocenters. The van der Waals surface area contributed by atoms with E-state index in [1.54, 1.807) is 6.20 Å². The quantitative estimate of drug-likeness (QED) is 0.766. The number of nitrogens with zero attached hydrogens (tertiary/aromatic N) is 4. The molecule has 1 aliphatic heterocycles. The van der Waals surface area contributed by atoms with Gasteiger partial charge < -0.3 is 4.90 Å². The van der Waals surface area contributed by atoms with Gasteiger partial charge in [-0.2, -0.15) is 5.10 Å². The van der Waals surface area contributed by atoms with E-state index in [2.05, 4.69) is 16.6 Å². The Labute approximate surface area is 120 Å². The summed E-state index contributed by atoms with van der Waals surface area (Å²) in [5.74, 6) is 0.225. The van der Waals surface area contributed by atoms with Gasteiger partial charge in [0, 0.05) is 51.5 Å². The Morgan fingerprint density at radius 2 is 2.05 bits per heavy atom. The number of carbonyl (C=O) groups is 1. The summed E-state index contributed by atoms with van der Waals surface area (Å²) in [6.07, 6.45) is 4.17. The molecule has 0 bridgehead atoms. The maximum atomic E-state index is 12.3. The first-order chi connectivity index (χ1) is 9.56. The van der Waals surface area contributed by atoms with Crippen molar-refractivity contribution in [1.82, 2.24) is 19.6 Å². The Hall–Kier alpha value is -1.62. The first-order valence-electron chi connectivity index (χ1n) is 7.20. The van der Waals surface area contributed by atoms with E-state index in [1.807, 2.05) is 35.7 Å². The van der Waals surface area contributed by atoms with Crippen LogP contribution >= 0.6 is 0 Å². The lowest BCUT2D eigenvalue weighted by Gasteiger charge is -2.35. The molecule has 0 N–H and O–H groups in total. The van der Waals surface area contributed by atoms with Crippen LogP contribution in [0.1, 0.15) is 26.3 Å². The molecule has 5 heteroatoms. The van der Waals surface area contributed by atoms with Crippen LogP contribution in [0, 0.1) is 0 Å². The van der Waals surface area contributed by atoms with Crippen LogP contribution < -0.4 is 0 Å².